The number of thiophene rings is 1. The molecule has 1 aromatic heterocycles. The van der Waals surface area contributed by atoms with E-state index < -0.39 is 18.1 Å². The number of carboxylic acid groups (broad SMARTS) is 1. The van der Waals surface area contributed by atoms with Gasteiger partial charge in [-0.15, -0.1) is 11.3 Å². The van der Waals surface area contributed by atoms with Crippen LogP contribution in [0, 0.1) is 25.2 Å². The minimum absolute atomic E-state index is 0.00671. The van der Waals surface area contributed by atoms with Gasteiger partial charge in [-0.25, -0.2) is 0 Å². The zero-order chi connectivity index (χ0) is 25.9. The smallest absolute Gasteiger partial charge is 0.305 e. The Morgan fingerprint density at radius 2 is 1.86 bits per heavy atom. The topological polar surface area (TPSA) is 86.7 Å². The van der Waals surface area contributed by atoms with E-state index in [-0.39, 0.29) is 29.6 Å². The average molecular weight is 499 g/mol. The molecule has 6 nitrogen and oxygen atoms in total. The van der Waals surface area contributed by atoms with Crippen molar-refractivity contribution in [1.82, 2.24) is 10.2 Å². The number of aryl methyl sites for hydroxylation is 2. The summed E-state index contributed by atoms with van der Waals surface area (Å²) in [5.74, 6) is -1.06. The van der Waals surface area contributed by atoms with Crippen molar-refractivity contribution < 1.29 is 19.5 Å². The predicted octanol–water partition coefficient (Wildman–Crippen LogP) is 5.73. The number of nitrogens with zero attached hydrogens (tertiary/aromatic N) is 1. The number of hydrogen-bond acceptors (Lipinski definition) is 4. The number of carbonyl (C=O) groups excluding carboxylic acids is 2. The van der Waals surface area contributed by atoms with Crippen LogP contribution in [-0.4, -0.2) is 40.4 Å². The summed E-state index contributed by atoms with van der Waals surface area (Å²) in [5, 5.41) is 14.5. The van der Waals surface area contributed by atoms with Crippen LogP contribution >= 0.6 is 11.3 Å². The summed E-state index contributed by atoms with van der Waals surface area (Å²) >= 11 is 1.55. The average Bonchev–Trinajstić information content (AvgIpc) is 3.22. The highest BCUT2D eigenvalue weighted by Crippen LogP contribution is 2.36. The fourth-order valence-corrected chi connectivity index (χ4v) is 6.03. The second-order valence-electron chi connectivity index (χ2n) is 11.0. The van der Waals surface area contributed by atoms with Crippen LogP contribution in [0.15, 0.2) is 29.6 Å². The summed E-state index contributed by atoms with van der Waals surface area (Å²) in [4.78, 5) is 40.9. The maximum absolute atomic E-state index is 13.6. The number of carbonyl (C=O) groups is 3. The van der Waals surface area contributed by atoms with Gasteiger partial charge in [0.05, 0.1) is 12.5 Å². The summed E-state index contributed by atoms with van der Waals surface area (Å²) in [6.45, 7) is 12.9. The monoisotopic (exact) mass is 498 g/mol. The number of likely N-dealkylation sites (tertiary alicyclic amines) is 1. The first-order valence-electron chi connectivity index (χ1n) is 12.3. The molecule has 1 fully saturated rings. The van der Waals surface area contributed by atoms with Crippen molar-refractivity contribution in [2.24, 2.45) is 11.3 Å². The first-order valence-corrected chi connectivity index (χ1v) is 13.2. The summed E-state index contributed by atoms with van der Waals surface area (Å²) in [6, 6.07) is 6.85. The molecule has 0 aliphatic carbocycles. The van der Waals surface area contributed by atoms with Crippen LogP contribution in [0.1, 0.15) is 76.1 Å². The van der Waals surface area contributed by atoms with Gasteiger partial charge in [-0.05, 0) is 71.7 Å². The van der Waals surface area contributed by atoms with E-state index in [0.29, 0.717) is 19.4 Å². The molecule has 190 valence electrons. The van der Waals surface area contributed by atoms with Crippen molar-refractivity contribution in [3.05, 3.63) is 46.3 Å². The Hall–Kier alpha value is -2.67. The van der Waals surface area contributed by atoms with Gasteiger partial charge in [0.15, 0.2) is 0 Å². The lowest BCUT2D eigenvalue weighted by atomic mass is 9.82. The van der Waals surface area contributed by atoms with Gasteiger partial charge in [0, 0.05) is 17.8 Å². The number of benzene rings is 1. The lowest BCUT2D eigenvalue weighted by Crippen LogP contribution is -2.55. The molecule has 2 atom stereocenters. The molecule has 3 rings (SSSR count). The second kappa shape index (κ2) is 10.9. The lowest BCUT2D eigenvalue weighted by molar-refractivity contribution is -0.147. The fraction of sp³-hybridized carbons (Fsp3) is 0.536. The number of piperidine rings is 1. The SMILES string of the molecule is Cc1cccc(C)c1-c1cc([C@H](CC(=O)O)NC(=O)[C@@H](CC(C)C)N2CC(C)(C)CCC2=O)cs1. The quantitative estimate of drug-likeness (QED) is 0.462. The number of rotatable bonds is 9. The summed E-state index contributed by atoms with van der Waals surface area (Å²) < 4.78 is 0. The highest BCUT2D eigenvalue weighted by Gasteiger charge is 2.39. The molecule has 1 aromatic carbocycles. The number of nitrogens with one attached hydrogen (secondary N) is 1. The Bertz CT molecular complexity index is 1070. The van der Waals surface area contributed by atoms with E-state index in [4.69, 9.17) is 0 Å². The molecule has 2 N–H and O–H groups in total. The van der Waals surface area contributed by atoms with Crippen molar-refractivity contribution in [1.29, 1.82) is 0 Å². The molecule has 2 amide bonds. The second-order valence-corrected chi connectivity index (χ2v) is 11.9. The molecule has 2 heterocycles. The predicted molar refractivity (Wildman–Crippen MR) is 140 cm³/mol. The van der Waals surface area contributed by atoms with E-state index in [1.807, 2.05) is 31.4 Å². The van der Waals surface area contributed by atoms with Crippen LogP contribution in [-0.2, 0) is 14.4 Å². The molecule has 1 aliphatic rings. The van der Waals surface area contributed by atoms with E-state index in [9.17, 15) is 19.5 Å². The standard InChI is InChI=1S/C28H38N2O4S/c1-17(2)12-22(30-16-28(5,6)11-10-24(30)31)27(34)29-21(14-25(32)33)20-13-23(35-15-20)26-18(3)8-7-9-19(26)4/h7-9,13,15,17,21-22H,10-12,14,16H2,1-6H3,(H,29,34)(H,32,33)/t21-,22+/m0/s1. The summed E-state index contributed by atoms with van der Waals surface area (Å²) in [6.07, 6.45) is 1.54. The highest BCUT2D eigenvalue weighted by molar-refractivity contribution is 7.13. The third-order valence-electron chi connectivity index (χ3n) is 6.75. The Balaban J connectivity index is 1.89. The van der Waals surface area contributed by atoms with Crippen LogP contribution < -0.4 is 5.32 Å². The van der Waals surface area contributed by atoms with E-state index in [2.05, 4.69) is 45.1 Å². The van der Waals surface area contributed by atoms with E-state index >= 15 is 0 Å². The highest BCUT2D eigenvalue weighted by atomic mass is 32.1. The molecular formula is C28H38N2O4S. The maximum Gasteiger partial charge on any atom is 0.305 e. The molecule has 0 unspecified atom stereocenters. The fourth-order valence-electron chi connectivity index (χ4n) is 4.89. The normalized spacial score (nSPS) is 17.3. The van der Waals surface area contributed by atoms with E-state index in [1.165, 1.54) is 0 Å². The Morgan fingerprint density at radius 3 is 2.46 bits per heavy atom. The van der Waals surface area contributed by atoms with Crippen LogP contribution in [0.25, 0.3) is 10.4 Å². The van der Waals surface area contributed by atoms with Gasteiger partial charge in [0.2, 0.25) is 11.8 Å². The largest absolute Gasteiger partial charge is 0.481 e. The minimum Gasteiger partial charge on any atom is -0.481 e. The number of amides is 2. The molecule has 7 heteroatoms. The molecule has 1 saturated heterocycles. The molecule has 0 spiro atoms. The molecule has 35 heavy (non-hydrogen) atoms. The van der Waals surface area contributed by atoms with Crippen molar-refractivity contribution in [2.75, 3.05) is 6.54 Å². The van der Waals surface area contributed by atoms with Crippen molar-refractivity contribution in [3.8, 4) is 10.4 Å². The van der Waals surface area contributed by atoms with Crippen LogP contribution in [0.4, 0.5) is 0 Å². The summed E-state index contributed by atoms with van der Waals surface area (Å²) in [7, 11) is 0. The van der Waals surface area contributed by atoms with Gasteiger partial charge < -0.3 is 15.3 Å². The molecule has 0 bridgehead atoms. The molecule has 0 radical (unpaired) electrons. The van der Waals surface area contributed by atoms with Crippen molar-refractivity contribution in [3.63, 3.8) is 0 Å². The van der Waals surface area contributed by atoms with Gasteiger partial charge >= 0.3 is 5.97 Å². The van der Waals surface area contributed by atoms with Crippen LogP contribution in [0.5, 0.6) is 0 Å². The van der Waals surface area contributed by atoms with Crippen LogP contribution in [0.3, 0.4) is 0 Å². The molecule has 1 aliphatic heterocycles. The van der Waals surface area contributed by atoms with E-state index in [1.54, 1.807) is 16.2 Å². The maximum atomic E-state index is 13.6. The number of carboxylic acids is 1. The van der Waals surface area contributed by atoms with Crippen LogP contribution in [0.2, 0.25) is 0 Å². The van der Waals surface area contributed by atoms with Gasteiger partial charge in [0.1, 0.15) is 6.04 Å². The first-order chi connectivity index (χ1) is 16.4. The Kier molecular flexibility index (Phi) is 8.42. The molecule has 0 saturated carbocycles. The van der Waals surface area contributed by atoms with Gasteiger partial charge in [-0.1, -0.05) is 45.9 Å². The molecular weight excluding hydrogens is 460 g/mol. The number of aliphatic carboxylic acids is 1. The van der Waals surface area contributed by atoms with E-state index in [0.717, 1.165) is 33.6 Å². The minimum atomic E-state index is -0.981. The Labute approximate surface area is 212 Å². The zero-order valence-corrected chi connectivity index (χ0v) is 22.5. The number of hydrogen-bond donors (Lipinski definition) is 2. The molecule has 2 aromatic rings. The Morgan fingerprint density at radius 1 is 1.20 bits per heavy atom. The lowest BCUT2D eigenvalue weighted by Gasteiger charge is -2.42. The van der Waals surface area contributed by atoms with Crippen molar-refractivity contribution >= 4 is 29.1 Å². The third kappa shape index (κ3) is 6.72. The summed E-state index contributed by atoms with van der Waals surface area (Å²) in [5.41, 5.74) is 4.17. The van der Waals surface area contributed by atoms with Crippen molar-refractivity contribution in [2.45, 2.75) is 79.3 Å². The van der Waals surface area contributed by atoms with Gasteiger partial charge in [0.25, 0.3) is 0 Å². The first kappa shape index (κ1) is 26.9. The third-order valence-corrected chi connectivity index (χ3v) is 7.72. The zero-order valence-electron chi connectivity index (χ0n) is 21.7. The van der Waals surface area contributed by atoms with Gasteiger partial charge in [-0.3, -0.25) is 14.4 Å². The van der Waals surface area contributed by atoms with Gasteiger partial charge in [-0.2, -0.15) is 0 Å².